The molecule has 0 radical (unpaired) electrons. The molecule has 25 heavy (non-hydrogen) atoms. The molecule has 3 unspecified atom stereocenters. The second-order valence-electron chi connectivity index (χ2n) is 7.19. The van der Waals surface area contributed by atoms with E-state index >= 15 is 0 Å². The molecule has 1 aliphatic rings. The van der Waals surface area contributed by atoms with Gasteiger partial charge in [0.1, 0.15) is 6.10 Å². The second-order valence-corrected chi connectivity index (χ2v) is 15.2. The molecule has 1 amide bonds. The first-order chi connectivity index (χ1) is 11.8. The zero-order chi connectivity index (χ0) is 18.8. The Morgan fingerprint density at radius 3 is 2.52 bits per heavy atom. The van der Waals surface area contributed by atoms with Gasteiger partial charge in [0.05, 0.1) is 13.2 Å². The molecule has 0 aliphatic carbocycles. The van der Waals surface area contributed by atoms with Crippen LogP contribution in [-0.4, -0.2) is 61.9 Å². The highest BCUT2D eigenvalue weighted by Gasteiger charge is 2.39. The van der Waals surface area contributed by atoms with Crippen LogP contribution < -0.4 is 5.32 Å². The molecule has 1 aliphatic heterocycles. The molecule has 0 aromatic heterocycles. The van der Waals surface area contributed by atoms with Crippen LogP contribution in [0.15, 0.2) is 0 Å². The van der Waals surface area contributed by atoms with Crippen LogP contribution in [0.3, 0.4) is 0 Å². The van der Waals surface area contributed by atoms with Gasteiger partial charge in [-0.15, -0.1) is 0 Å². The number of ether oxygens (including phenoxy) is 2. The zero-order valence-electron chi connectivity index (χ0n) is 16.7. The summed E-state index contributed by atoms with van der Waals surface area (Å²) in [4.78, 5) is 11.0. The first-order valence-electron chi connectivity index (χ1n) is 9.60. The molecule has 1 saturated heterocycles. The van der Waals surface area contributed by atoms with Gasteiger partial charge in [0.2, 0.25) is 5.91 Å². The topological polar surface area (TPSA) is 69.3 Å². The Hall–Kier alpha value is -0.256. The molecule has 1 N–H and O–H groups in total. The number of hydrogen-bond donors (Lipinski definition) is 1. The number of carbonyl (C=O) groups excluding carboxylic acids is 1. The fourth-order valence-electron chi connectivity index (χ4n) is 2.88. The Labute approximate surface area is 155 Å². The SMILES string of the molecule is CCO[Si](C)(CCCOCC1CO1)O[Si](C)(CC)CCCNC(C)=O. The third kappa shape index (κ3) is 10.5. The van der Waals surface area contributed by atoms with Gasteiger partial charge in [-0.25, -0.2) is 0 Å². The van der Waals surface area contributed by atoms with Crippen LogP contribution in [0.4, 0.5) is 0 Å². The molecule has 0 aromatic rings. The van der Waals surface area contributed by atoms with Crippen molar-refractivity contribution in [3.05, 3.63) is 0 Å². The quantitative estimate of drug-likeness (QED) is 0.264. The normalized spacial score (nSPS) is 21.4. The van der Waals surface area contributed by atoms with Gasteiger partial charge in [0.15, 0.2) is 8.32 Å². The Bertz CT molecular complexity index is 397. The number of hydrogen-bond acceptors (Lipinski definition) is 5. The predicted octanol–water partition coefficient (Wildman–Crippen LogP) is 3.04. The minimum absolute atomic E-state index is 0.0333. The lowest BCUT2D eigenvalue weighted by atomic mass is 10.5. The van der Waals surface area contributed by atoms with Gasteiger partial charge in [-0.05, 0) is 51.0 Å². The van der Waals surface area contributed by atoms with E-state index in [4.69, 9.17) is 18.0 Å². The lowest BCUT2D eigenvalue weighted by Gasteiger charge is -2.37. The lowest BCUT2D eigenvalue weighted by Crippen LogP contribution is -2.50. The third-order valence-electron chi connectivity index (χ3n) is 4.54. The molecule has 0 bridgehead atoms. The minimum atomic E-state index is -2.19. The summed E-state index contributed by atoms with van der Waals surface area (Å²) in [6, 6.07) is 3.08. The van der Waals surface area contributed by atoms with Crippen molar-refractivity contribution in [3.63, 3.8) is 0 Å². The van der Waals surface area contributed by atoms with Crippen molar-refractivity contribution in [3.8, 4) is 0 Å². The second kappa shape index (κ2) is 11.5. The summed E-state index contributed by atoms with van der Waals surface area (Å²) in [6.45, 7) is 14.0. The van der Waals surface area contributed by atoms with Gasteiger partial charge >= 0.3 is 8.56 Å². The maximum Gasteiger partial charge on any atom is 0.324 e. The molecule has 0 saturated carbocycles. The van der Waals surface area contributed by atoms with Crippen molar-refractivity contribution >= 4 is 22.8 Å². The van der Waals surface area contributed by atoms with Gasteiger partial charge < -0.3 is 23.3 Å². The van der Waals surface area contributed by atoms with Crippen molar-refractivity contribution in [2.45, 2.75) is 70.9 Å². The van der Waals surface area contributed by atoms with E-state index < -0.39 is 16.9 Å². The van der Waals surface area contributed by atoms with E-state index in [0.717, 1.165) is 50.7 Å². The van der Waals surface area contributed by atoms with E-state index in [2.05, 4.69) is 25.3 Å². The summed E-state index contributed by atoms with van der Waals surface area (Å²) in [5.41, 5.74) is 0. The highest BCUT2D eigenvalue weighted by molar-refractivity contribution is 6.83. The van der Waals surface area contributed by atoms with Gasteiger partial charge in [-0.1, -0.05) is 6.92 Å². The van der Waals surface area contributed by atoms with Gasteiger partial charge in [0, 0.05) is 26.7 Å². The van der Waals surface area contributed by atoms with Crippen LogP contribution in [0, 0.1) is 0 Å². The summed E-state index contributed by atoms with van der Waals surface area (Å²) < 4.78 is 23.6. The molecule has 3 atom stereocenters. The molecule has 8 heteroatoms. The van der Waals surface area contributed by atoms with E-state index in [1.807, 2.05) is 6.92 Å². The number of nitrogens with one attached hydrogen (secondary N) is 1. The van der Waals surface area contributed by atoms with Crippen molar-refractivity contribution in [1.82, 2.24) is 5.32 Å². The highest BCUT2D eigenvalue weighted by Crippen LogP contribution is 2.27. The Kier molecular flexibility index (Phi) is 10.4. The monoisotopic (exact) mass is 391 g/mol. The average molecular weight is 392 g/mol. The molecule has 0 spiro atoms. The lowest BCUT2D eigenvalue weighted by molar-refractivity contribution is -0.118. The first kappa shape index (κ1) is 22.8. The van der Waals surface area contributed by atoms with E-state index in [0.29, 0.717) is 19.3 Å². The Balaban J connectivity index is 2.41. The van der Waals surface area contributed by atoms with E-state index in [-0.39, 0.29) is 5.91 Å². The van der Waals surface area contributed by atoms with Crippen LogP contribution in [0.2, 0.25) is 31.2 Å². The number of carbonyl (C=O) groups is 1. The fourth-order valence-corrected chi connectivity index (χ4v) is 11.5. The van der Waals surface area contributed by atoms with E-state index in [1.165, 1.54) is 0 Å². The van der Waals surface area contributed by atoms with Crippen LogP contribution in [-0.2, 0) is 22.8 Å². The summed E-state index contributed by atoms with van der Waals surface area (Å²) in [7, 11) is -4.01. The smallest absolute Gasteiger partial charge is 0.324 e. The fraction of sp³-hybridized carbons (Fsp3) is 0.941. The minimum Gasteiger partial charge on any atom is -0.436 e. The van der Waals surface area contributed by atoms with Crippen molar-refractivity contribution in [2.24, 2.45) is 0 Å². The van der Waals surface area contributed by atoms with E-state index in [9.17, 15) is 4.79 Å². The molecule has 0 aromatic carbocycles. The highest BCUT2D eigenvalue weighted by atomic mass is 28.4. The van der Waals surface area contributed by atoms with Crippen LogP contribution in [0.25, 0.3) is 0 Å². The maximum atomic E-state index is 11.0. The van der Waals surface area contributed by atoms with Gasteiger partial charge in [-0.3, -0.25) is 4.79 Å². The standard InChI is InChI=1S/C17H37NO5Si2/c1-6-22-25(5,13-9-11-20-14-17-15-21-17)23-24(4,7-2)12-8-10-18-16(3)19/h17H,6-15H2,1-5H3,(H,18,19). The largest absolute Gasteiger partial charge is 0.436 e. The van der Waals surface area contributed by atoms with Crippen LogP contribution >= 0.6 is 0 Å². The Morgan fingerprint density at radius 1 is 1.24 bits per heavy atom. The van der Waals surface area contributed by atoms with E-state index in [1.54, 1.807) is 6.92 Å². The third-order valence-corrected chi connectivity index (χ3v) is 13.3. The maximum absolute atomic E-state index is 11.0. The Morgan fingerprint density at radius 2 is 1.96 bits per heavy atom. The van der Waals surface area contributed by atoms with Gasteiger partial charge in [0.25, 0.3) is 0 Å². The summed E-state index contributed by atoms with van der Waals surface area (Å²) in [5, 5.41) is 2.87. The number of rotatable bonds is 15. The molecular formula is C17H37NO5Si2. The summed E-state index contributed by atoms with van der Waals surface area (Å²) >= 11 is 0. The van der Waals surface area contributed by atoms with Crippen molar-refractivity contribution < 1.29 is 22.8 Å². The molecular weight excluding hydrogens is 354 g/mol. The molecule has 1 heterocycles. The number of amides is 1. The summed E-state index contributed by atoms with van der Waals surface area (Å²) in [5.74, 6) is 0.0333. The van der Waals surface area contributed by atoms with Crippen LogP contribution in [0.5, 0.6) is 0 Å². The average Bonchev–Trinajstić information content (AvgIpc) is 3.35. The molecule has 6 nitrogen and oxygen atoms in total. The summed E-state index contributed by atoms with van der Waals surface area (Å²) in [6.07, 6.45) is 2.26. The number of epoxide rings is 1. The molecule has 148 valence electrons. The predicted molar refractivity (Wildman–Crippen MR) is 105 cm³/mol. The van der Waals surface area contributed by atoms with Gasteiger partial charge in [-0.2, -0.15) is 0 Å². The molecule has 1 fully saturated rings. The first-order valence-corrected chi connectivity index (χ1v) is 14.9. The van der Waals surface area contributed by atoms with Crippen molar-refractivity contribution in [2.75, 3.05) is 33.0 Å². The van der Waals surface area contributed by atoms with Crippen molar-refractivity contribution in [1.29, 1.82) is 0 Å². The zero-order valence-corrected chi connectivity index (χ0v) is 18.7. The van der Waals surface area contributed by atoms with Crippen LogP contribution in [0.1, 0.15) is 33.6 Å². The molecule has 1 rings (SSSR count).